The lowest BCUT2D eigenvalue weighted by Gasteiger charge is -2.03. The molecule has 0 bridgehead atoms. The van der Waals surface area contributed by atoms with Crippen molar-refractivity contribution >= 4 is 11.6 Å². The van der Waals surface area contributed by atoms with E-state index in [1.807, 2.05) is 13.8 Å². The van der Waals surface area contributed by atoms with Crippen LogP contribution in [0.1, 0.15) is 19.9 Å². The minimum Gasteiger partial charge on any atom is -0.279 e. The fraction of sp³-hybridized carbons (Fsp3) is 0.273. The van der Waals surface area contributed by atoms with Gasteiger partial charge in [-0.2, -0.15) is 9.78 Å². The molecule has 0 aliphatic rings. The van der Waals surface area contributed by atoms with Gasteiger partial charge in [0.1, 0.15) is 6.33 Å². The zero-order valence-electron chi connectivity index (χ0n) is 9.09. The summed E-state index contributed by atoms with van der Waals surface area (Å²) in [6, 6.07) is 7.10. The van der Waals surface area contributed by atoms with Crippen LogP contribution in [0.25, 0.3) is 5.69 Å². The molecule has 2 aromatic rings. The Kier molecular flexibility index (Phi) is 2.83. The van der Waals surface area contributed by atoms with Crippen molar-refractivity contribution in [3.63, 3.8) is 0 Å². The number of benzene rings is 1. The average molecular weight is 238 g/mol. The van der Waals surface area contributed by atoms with Gasteiger partial charge in [0.2, 0.25) is 0 Å². The maximum atomic E-state index is 11.9. The first-order valence-electron chi connectivity index (χ1n) is 5.01. The van der Waals surface area contributed by atoms with E-state index in [4.69, 9.17) is 11.6 Å². The third-order valence-corrected chi connectivity index (χ3v) is 2.57. The second kappa shape index (κ2) is 4.14. The fourth-order valence-electron chi connectivity index (χ4n) is 1.43. The summed E-state index contributed by atoms with van der Waals surface area (Å²) < 4.78 is 2.94. The molecule has 0 aliphatic carbocycles. The Labute approximate surface area is 98.1 Å². The molecule has 0 saturated carbocycles. The molecule has 84 valence electrons. The predicted octanol–water partition coefficient (Wildman–Crippen LogP) is 2.27. The number of aromatic nitrogens is 3. The molecule has 0 atom stereocenters. The Morgan fingerprint density at radius 1 is 1.25 bits per heavy atom. The molecule has 0 saturated heterocycles. The van der Waals surface area contributed by atoms with Crippen molar-refractivity contribution < 1.29 is 0 Å². The van der Waals surface area contributed by atoms with E-state index in [1.54, 1.807) is 35.2 Å². The molecular weight excluding hydrogens is 226 g/mol. The zero-order chi connectivity index (χ0) is 11.7. The van der Waals surface area contributed by atoms with Crippen LogP contribution < -0.4 is 5.69 Å². The Balaban J connectivity index is 2.49. The molecule has 4 nitrogen and oxygen atoms in total. The van der Waals surface area contributed by atoms with Gasteiger partial charge in [-0.1, -0.05) is 11.6 Å². The first-order chi connectivity index (χ1) is 7.59. The molecule has 5 heteroatoms. The topological polar surface area (TPSA) is 39.8 Å². The molecule has 0 unspecified atom stereocenters. The summed E-state index contributed by atoms with van der Waals surface area (Å²) in [7, 11) is 0. The SMILES string of the molecule is CC(C)n1cnn(-c2ccc(Cl)cc2)c1=O. The largest absolute Gasteiger partial charge is 0.350 e. The van der Waals surface area contributed by atoms with Gasteiger partial charge in [0, 0.05) is 11.1 Å². The Morgan fingerprint density at radius 2 is 1.88 bits per heavy atom. The fourth-order valence-corrected chi connectivity index (χ4v) is 1.56. The smallest absolute Gasteiger partial charge is 0.279 e. The zero-order valence-corrected chi connectivity index (χ0v) is 9.85. The van der Waals surface area contributed by atoms with E-state index in [0.717, 1.165) is 0 Å². The van der Waals surface area contributed by atoms with Crippen LogP contribution in [-0.4, -0.2) is 14.3 Å². The maximum absolute atomic E-state index is 11.9. The third-order valence-electron chi connectivity index (χ3n) is 2.32. The minimum absolute atomic E-state index is 0.105. The highest BCUT2D eigenvalue weighted by Gasteiger charge is 2.08. The molecule has 0 aliphatic heterocycles. The van der Waals surface area contributed by atoms with E-state index in [-0.39, 0.29) is 11.7 Å². The van der Waals surface area contributed by atoms with E-state index < -0.39 is 0 Å². The molecule has 0 amide bonds. The number of hydrogen-bond donors (Lipinski definition) is 0. The summed E-state index contributed by atoms with van der Waals surface area (Å²) in [6.45, 7) is 3.88. The van der Waals surface area contributed by atoms with Crippen molar-refractivity contribution in [3.8, 4) is 5.69 Å². The molecule has 2 rings (SSSR count). The highest BCUT2D eigenvalue weighted by molar-refractivity contribution is 6.30. The second-order valence-corrected chi connectivity index (χ2v) is 4.24. The second-order valence-electron chi connectivity index (χ2n) is 3.80. The highest BCUT2D eigenvalue weighted by Crippen LogP contribution is 2.11. The van der Waals surface area contributed by atoms with Crippen LogP contribution >= 0.6 is 11.6 Å². The number of rotatable bonds is 2. The Bertz CT molecular complexity index is 539. The van der Waals surface area contributed by atoms with Crippen LogP contribution in [0.2, 0.25) is 5.02 Å². The van der Waals surface area contributed by atoms with E-state index in [9.17, 15) is 4.79 Å². The monoisotopic (exact) mass is 237 g/mol. The van der Waals surface area contributed by atoms with Gasteiger partial charge in [-0.05, 0) is 38.1 Å². The van der Waals surface area contributed by atoms with Crippen LogP contribution in [0.3, 0.4) is 0 Å². The molecule has 0 fully saturated rings. The van der Waals surface area contributed by atoms with Gasteiger partial charge in [-0.3, -0.25) is 4.57 Å². The summed E-state index contributed by atoms with van der Waals surface area (Å²) in [6.07, 6.45) is 1.54. The van der Waals surface area contributed by atoms with Crippen molar-refractivity contribution in [2.75, 3.05) is 0 Å². The van der Waals surface area contributed by atoms with Crippen molar-refractivity contribution in [2.24, 2.45) is 0 Å². The van der Waals surface area contributed by atoms with Gasteiger partial charge in [0.25, 0.3) is 0 Å². The summed E-state index contributed by atoms with van der Waals surface area (Å²) in [5, 5.41) is 4.70. The van der Waals surface area contributed by atoms with Crippen LogP contribution in [0.15, 0.2) is 35.4 Å². The van der Waals surface area contributed by atoms with Crippen LogP contribution in [0.4, 0.5) is 0 Å². The van der Waals surface area contributed by atoms with Crippen LogP contribution in [0, 0.1) is 0 Å². The minimum atomic E-state index is -0.141. The molecule has 1 heterocycles. The lowest BCUT2D eigenvalue weighted by Crippen LogP contribution is -2.24. The van der Waals surface area contributed by atoms with Gasteiger partial charge < -0.3 is 0 Å². The van der Waals surface area contributed by atoms with Gasteiger partial charge in [-0.25, -0.2) is 4.79 Å². The van der Waals surface area contributed by atoms with Gasteiger partial charge in [0.15, 0.2) is 0 Å². The van der Waals surface area contributed by atoms with Gasteiger partial charge in [0.05, 0.1) is 5.69 Å². The van der Waals surface area contributed by atoms with Crippen molar-refractivity contribution in [1.29, 1.82) is 0 Å². The molecular formula is C11H12ClN3O. The Hall–Kier alpha value is -1.55. The first-order valence-corrected chi connectivity index (χ1v) is 5.39. The third kappa shape index (κ3) is 1.88. The summed E-state index contributed by atoms with van der Waals surface area (Å²) in [5.41, 5.74) is 0.575. The predicted molar refractivity (Wildman–Crippen MR) is 63.2 cm³/mol. The van der Waals surface area contributed by atoms with E-state index in [0.29, 0.717) is 10.7 Å². The number of nitrogens with zero attached hydrogens (tertiary/aromatic N) is 3. The lowest BCUT2D eigenvalue weighted by atomic mass is 10.3. The first kappa shape index (κ1) is 11.0. The molecule has 1 aromatic heterocycles. The normalized spacial score (nSPS) is 11.0. The van der Waals surface area contributed by atoms with Crippen LogP contribution in [-0.2, 0) is 0 Å². The Morgan fingerprint density at radius 3 is 2.38 bits per heavy atom. The highest BCUT2D eigenvalue weighted by atomic mass is 35.5. The lowest BCUT2D eigenvalue weighted by molar-refractivity contribution is 0.574. The summed E-state index contributed by atoms with van der Waals surface area (Å²) in [4.78, 5) is 11.9. The number of halogens is 1. The van der Waals surface area contributed by atoms with E-state index >= 15 is 0 Å². The van der Waals surface area contributed by atoms with Gasteiger partial charge >= 0.3 is 5.69 Å². The van der Waals surface area contributed by atoms with Crippen molar-refractivity contribution in [1.82, 2.24) is 14.3 Å². The van der Waals surface area contributed by atoms with Gasteiger partial charge in [-0.15, -0.1) is 0 Å². The summed E-state index contributed by atoms with van der Waals surface area (Å²) >= 11 is 5.78. The molecule has 16 heavy (non-hydrogen) atoms. The van der Waals surface area contributed by atoms with E-state index in [2.05, 4.69) is 5.10 Å². The standard InChI is InChI=1S/C11H12ClN3O/c1-8(2)14-7-13-15(11(14)16)10-5-3-9(12)4-6-10/h3-8H,1-2H3. The van der Waals surface area contributed by atoms with Crippen LogP contribution in [0.5, 0.6) is 0 Å². The molecule has 1 aromatic carbocycles. The van der Waals surface area contributed by atoms with Crippen molar-refractivity contribution in [3.05, 3.63) is 46.1 Å². The number of hydrogen-bond acceptors (Lipinski definition) is 2. The molecule has 0 spiro atoms. The maximum Gasteiger partial charge on any atom is 0.350 e. The molecule has 0 radical (unpaired) electrons. The summed E-state index contributed by atoms with van der Waals surface area (Å²) in [5.74, 6) is 0. The van der Waals surface area contributed by atoms with E-state index in [1.165, 1.54) is 4.68 Å². The average Bonchev–Trinajstić information content (AvgIpc) is 2.61. The quantitative estimate of drug-likeness (QED) is 0.804. The molecule has 0 N–H and O–H groups in total. The van der Waals surface area contributed by atoms with Crippen molar-refractivity contribution in [2.45, 2.75) is 19.9 Å².